The topological polar surface area (TPSA) is 17.1 Å². The van der Waals surface area contributed by atoms with E-state index in [0.29, 0.717) is 0 Å². The number of hydrogen-bond donors (Lipinski definition) is 0. The summed E-state index contributed by atoms with van der Waals surface area (Å²) in [6.45, 7) is 1.98. The summed E-state index contributed by atoms with van der Waals surface area (Å²) in [6, 6.07) is 21.9. The molecule has 0 amide bonds. The van der Waals surface area contributed by atoms with Crippen LogP contribution in [0.15, 0.2) is 72.8 Å². The Labute approximate surface area is 124 Å². The molecule has 3 aromatic rings. The van der Waals surface area contributed by atoms with Gasteiger partial charge < -0.3 is 0 Å². The highest BCUT2D eigenvalue weighted by Crippen LogP contribution is 2.23. The molecule has 3 aromatic carbocycles. The van der Waals surface area contributed by atoms with Crippen LogP contribution in [0.1, 0.15) is 21.5 Å². The molecule has 102 valence electrons. The molecule has 3 rings (SSSR count). The average Bonchev–Trinajstić information content (AvgIpc) is 2.53. The zero-order valence-corrected chi connectivity index (χ0v) is 11.9. The van der Waals surface area contributed by atoms with Crippen LogP contribution in [0.25, 0.3) is 16.8 Å². The highest BCUT2D eigenvalue weighted by Gasteiger charge is 2.10. The van der Waals surface area contributed by atoms with Crippen molar-refractivity contribution in [2.75, 3.05) is 0 Å². The first-order chi connectivity index (χ1) is 10.3. The van der Waals surface area contributed by atoms with Gasteiger partial charge >= 0.3 is 0 Å². The van der Waals surface area contributed by atoms with Crippen LogP contribution in [0.5, 0.6) is 0 Å². The predicted molar refractivity (Wildman–Crippen MR) is 88.5 cm³/mol. The lowest BCUT2D eigenvalue weighted by Crippen LogP contribution is -1.99. The van der Waals surface area contributed by atoms with Crippen LogP contribution >= 0.6 is 0 Å². The molecule has 0 fully saturated rings. The van der Waals surface area contributed by atoms with Crippen molar-refractivity contribution in [3.63, 3.8) is 0 Å². The molecule has 0 bridgehead atoms. The fourth-order valence-electron chi connectivity index (χ4n) is 2.53. The van der Waals surface area contributed by atoms with Gasteiger partial charge in [0.05, 0.1) is 0 Å². The summed E-state index contributed by atoms with van der Waals surface area (Å²) in [7, 11) is 0. The fraction of sp³-hybridized carbons (Fsp3) is 0.0500. The zero-order chi connectivity index (χ0) is 14.7. The number of carbonyl (C=O) groups is 1. The monoisotopic (exact) mass is 272 g/mol. The van der Waals surface area contributed by atoms with E-state index in [1.165, 1.54) is 0 Å². The molecule has 0 aliphatic carbocycles. The molecule has 0 radical (unpaired) electrons. The number of rotatable bonds is 3. The van der Waals surface area contributed by atoms with E-state index >= 15 is 0 Å². The van der Waals surface area contributed by atoms with Crippen LogP contribution in [-0.2, 0) is 0 Å². The first-order valence-corrected chi connectivity index (χ1v) is 7.01. The Kier molecular flexibility index (Phi) is 3.65. The van der Waals surface area contributed by atoms with Crippen LogP contribution < -0.4 is 0 Å². The largest absolute Gasteiger partial charge is 0.289 e. The van der Waals surface area contributed by atoms with Crippen LogP contribution in [-0.4, -0.2) is 5.78 Å². The number of allylic oxidation sites excluding steroid dienone is 1. The number of aryl methyl sites for hydroxylation is 1. The van der Waals surface area contributed by atoms with Crippen LogP contribution in [0.2, 0.25) is 0 Å². The van der Waals surface area contributed by atoms with Gasteiger partial charge in [-0.1, -0.05) is 72.8 Å². The maximum atomic E-state index is 12.6. The molecule has 0 aromatic heterocycles. The standard InChI is InChI=1S/C20H16O/c1-15-11-13-17-9-5-6-10-18(17)20(15)19(21)14-12-16-7-3-2-4-8-16/h2-14H,1H3. The van der Waals surface area contributed by atoms with Crippen LogP contribution in [0, 0.1) is 6.92 Å². The minimum Gasteiger partial charge on any atom is -0.289 e. The summed E-state index contributed by atoms with van der Waals surface area (Å²) in [5.41, 5.74) is 2.83. The molecule has 0 atom stereocenters. The van der Waals surface area contributed by atoms with Gasteiger partial charge in [-0.25, -0.2) is 0 Å². The van der Waals surface area contributed by atoms with E-state index in [1.807, 2.05) is 73.7 Å². The van der Waals surface area contributed by atoms with E-state index in [-0.39, 0.29) is 5.78 Å². The highest BCUT2D eigenvalue weighted by atomic mass is 16.1. The lowest BCUT2D eigenvalue weighted by Gasteiger charge is -2.07. The minimum atomic E-state index is 0.0492. The minimum absolute atomic E-state index is 0.0492. The Morgan fingerprint density at radius 1 is 0.857 bits per heavy atom. The third kappa shape index (κ3) is 2.77. The first kappa shape index (κ1) is 13.3. The Morgan fingerprint density at radius 3 is 2.38 bits per heavy atom. The number of fused-ring (bicyclic) bond motifs is 1. The molecule has 0 aliphatic heterocycles. The zero-order valence-electron chi connectivity index (χ0n) is 11.9. The molecule has 0 saturated carbocycles. The van der Waals surface area contributed by atoms with Gasteiger partial charge in [-0.3, -0.25) is 4.79 Å². The second kappa shape index (κ2) is 5.76. The average molecular weight is 272 g/mol. The van der Waals surface area contributed by atoms with Crippen molar-refractivity contribution in [2.24, 2.45) is 0 Å². The maximum Gasteiger partial charge on any atom is 0.186 e. The molecular formula is C20H16O. The number of ketones is 1. The maximum absolute atomic E-state index is 12.6. The van der Waals surface area contributed by atoms with Crippen molar-refractivity contribution < 1.29 is 4.79 Å². The van der Waals surface area contributed by atoms with Gasteiger partial charge in [0, 0.05) is 5.56 Å². The lowest BCUT2D eigenvalue weighted by atomic mass is 9.96. The second-order valence-electron chi connectivity index (χ2n) is 5.09. The summed E-state index contributed by atoms with van der Waals surface area (Å²) in [5, 5.41) is 2.11. The van der Waals surface area contributed by atoms with Crippen molar-refractivity contribution >= 4 is 22.6 Å². The van der Waals surface area contributed by atoms with Gasteiger partial charge in [0.2, 0.25) is 0 Å². The van der Waals surface area contributed by atoms with Gasteiger partial charge in [0.15, 0.2) is 5.78 Å². The van der Waals surface area contributed by atoms with Crippen LogP contribution in [0.4, 0.5) is 0 Å². The third-order valence-corrected chi connectivity index (χ3v) is 3.61. The van der Waals surface area contributed by atoms with Crippen molar-refractivity contribution in [3.05, 3.63) is 89.5 Å². The number of carbonyl (C=O) groups excluding carboxylic acids is 1. The van der Waals surface area contributed by atoms with Crippen molar-refractivity contribution in [3.8, 4) is 0 Å². The van der Waals surface area contributed by atoms with Gasteiger partial charge in [-0.05, 0) is 34.9 Å². The summed E-state index contributed by atoms with van der Waals surface area (Å²) in [6.07, 6.45) is 3.52. The van der Waals surface area contributed by atoms with Gasteiger partial charge in [0.1, 0.15) is 0 Å². The van der Waals surface area contributed by atoms with E-state index in [2.05, 4.69) is 6.07 Å². The molecule has 0 saturated heterocycles. The van der Waals surface area contributed by atoms with Crippen molar-refractivity contribution in [1.29, 1.82) is 0 Å². The molecule has 21 heavy (non-hydrogen) atoms. The van der Waals surface area contributed by atoms with E-state index in [0.717, 1.165) is 27.5 Å². The fourth-order valence-corrected chi connectivity index (χ4v) is 2.53. The summed E-state index contributed by atoms with van der Waals surface area (Å²) in [5.74, 6) is 0.0492. The Balaban J connectivity index is 2.02. The Bertz CT molecular complexity index is 814. The SMILES string of the molecule is Cc1ccc2ccccc2c1C(=O)C=Cc1ccccc1. The molecule has 0 unspecified atom stereocenters. The quantitative estimate of drug-likeness (QED) is 0.482. The molecule has 0 heterocycles. The van der Waals surface area contributed by atoms with E-state index < -0.39 is 0 Å². The summed E-state index contributed by atoms with van der Waals surface area (Å²) in [4.78, 5) is 12.6. The van der Waals surface area contributed by atoms with Gasteiger partial charge in [-0.2, -0.15) is 0 Å². The van der Waals surface area contributed by atoms with E-state index in [1.54, 1.807) is 6.08 Å². The number of benzene rings is 3. The predicted octanol–water partition coefficient (Wildman–Crippen LogP) is 5.04. The van der Waals surface area contributed by atoms with Crippen molar-refractivity contribution in [1.82, 2.24) is 0 Å². The third-order valence-electron chi connectivity index (χ3n) is 3.61. The smallest absolute Gasteiger partial charge is 0.186 e. The molecule has 0 aliphatic rings. The first-order valence-electron chi connectivity index (χ1n) is 7.01. The summed E-state index contributed by atoms with van der Waals surface area (Å²) >= 11 is 0. The Hall–Kier alpha value is -2.67. The molecule has 0 spiro atoms. The van der Waals surface area contributed by atoms with E-state index in [9.17, 15) is 4.79 Å². The highest BCUT2D eigenvalue weighted by molar-refractivity contribution is 6.15. The lowest BCUT2D eigenvalue weighted by molar-refractivity contribution is 0.104. The molecule has 0 N–H and O–H groups in total. The molecule has 1 heteroatoms. The van der Waals surface area contributed by atoms with Gasteiger partial charge in [-0.15, -0.1) is 0 Å². The van der Waals surface area contributed by atoms with Gasteiger partial charge in [0.25, 0.3) is 0 Å². The summed E-state index contributed by atoms with van der Waals surface area (Å²) < 4.78 is 0. The van der Waals surface area contributed by atoms with E-state index in [4.69, 9.17) is 0 Å². The molecule has 1 nitrogen and oxygen atoms in total. The Morgan fingerprint density at radius 2 is 1.57 bits per heavy atom. The van der Waals surface area contributed by atoms with Crippen molar-refractivity contribution in [2.45, 2.75) is 6.92 Å². The normalized spacial score (nSPS) is 11.1. The second-order valence-corrected chi connectivity index (χ2v) is 5.09. The molecular weight excluding hydrogens is 256 g/mol. The van der Waals surface area contributed by atoms with Crippen LogP contribution in [0.3, 0.4) is 0 Å². The number of hydrogen-bond acceptors (Lipinski definition) is 1.